The van der Waals surface area contributed by atoms with E-state index in [1.165, 1.54) is 308 Å². The predicted octanol–water partition coefficient (Wildman–Crippen LogP) is 23.1. The SMILES string of the molecule is CCCCCCCCCC.CCCCCCCCCC.CCCCCCCCCC.CCCCCCCCCC.CCCCCCCCCC.CCCCCCCCCC.OBO. The first-order valence-electron chi connectivity index (χ1n) is 30.1. The zero-order chi connectivity index (χ0) is 48.6. The molecule has 390 valence electrons. The molecule has 3 heteroatoms. The topological polar surface area (TPSA) is 40.5 Å². The van der Waals surface area contributed by atoms with E-state index in [2.05, 4.69) is 83.1 Å². The highest BCUT2D eigenvalue weighted by Gasteiger charge is 1.92. The molecule has 2 nitrogen and oxygen atoms in total. The first-order valence-corrected chi connectivity index (χ1v) is 30.1. The molecule has 2 N–H and O–H groups in total. The summed E-state index contributed by atoms with van der Waals surface area (Å²) in [4.78, 5) is 0. The molecule has 0 saturated carbocycles. The number of unbranched alkanes of at least 4 members (excludes halogenated alkanes) is 42. The van der Waals surface area contributed by atoms with E-state index in [9.17, 15) is 0 Å². The van der Waals surface area contributed by atoms with Crippen molar-refractivity contribution in [1.82, 2.24) is 0 Å². The standard InChI is InChI=1S/6C10H22.BH3O2/c6*1-3-5-7-9-10-8-6-4-2;2-1-3/h6*3-10H2,1-2H3;1-3H. The van der Waals surface area contributed by atoms with Gasteiger partial charge < -0.3 is 10.0 Å². The average Bonchev–Trinajstić information content (AvgIpc) is 3.30. The van der Waals surface area contributed by atoms with E-state index in [1.807, 2.05) is 0 Å². The Morgan fingerprint density at radius 2 is 0.190 bits per heavy atom. The summed E-state index contributed by atoms with van der Waals surface area (Å²) in [7, 11) is -0.750. The van der Waals surface area contributed by atoms with Crippen LogP contribution in [0.4, 0.5) is 0 Å². The molecule has 0 fully saturated rings. The van der Waals surface area contributed by atoms with Gasteiger partial charge in [-0.05, 0) is 0 Å². The first-order chi connectivity index (χ1) is 30.9. The quantitative estimate of drug-likeness (QED) is 0.0473. The average molecular weight is 900 g/mol. The molecule has 0 aliphatic rings. The van der Waals surface area contributed by atoms with Crippen LogP contribution in [0.25, 0.3) is 0 Å². The van der Waals surface area contributed by atoms with Crippen LogP contribution in [-0.4, -0.2) is 17.7 Å². The molecule has 0 rings (SSSR count). The maximum absolute atomic E-state index is 7.12. The molecule has 0 aromatic heterocycles. The van der Waals surface area contributed by atoms with E-state index >= 15 is 0 Å². The van der Waals surface area contributed by atoms with Crippen molar-refractivity contribution in [3.8, 4) is 0 Å². The van der Waals surface area contributed by atoms with Crippen molar-refractivity contribution >= 4 is 7.69 Å². The molecular formula is C60H135BO2. The van der Waals surface area contributed by atoms with Gasteiger partial charge in [-0.2, -0.15) is 0 Å². The van der Waals surface area contributed by atoms with Gasteiger partial charge in [-0.15, -0.1) is 0 Å². The molecule has 0 aromatic carbocycles. The van der Waals surface area contributed by atoms with Crippen LogP contribution in [-0.2, 0) is 0 Å². The van der Waals surface area contributed by atoms with E-state index < -0.39 is 7.69 Å². The van der Waals surface area contributed by atoms with Crippen LogP contribution >= 0.6 is 0 Å². The lowest BCUT2D eigenvalue weighted by Gasteiger charge is -1.97. The number of hydrogen-bond donors (Lipinski definition) is 2. The summed E-state index contributed by atoms with van der Waals surface area (Å²) in [5, 5.41) is 14.2. The maximum Gasteiger partial charge on any atom is 0.432 e. The van der Waals surface area contributed by atoms with Crippen molar-refractivity contribution in [3.63, 3.8) is 0 Å². The molecular weight excluding hydrogens is 763 g/mol. The van der Waals surface area contributed by atoms with E-state index in [1.54, 1.807) is 0 Å². The smallest absolute Gasteiger partial charge is 0.430 e. The monoisotopic (exact) mass is 899 g/mol. The van der Waals surface area contributed by atoms with Crippen LogP contribution in [0, 0.1) is 0 Å². The van der Waals surface area contributed by atoms with Crippen molar-refractivity contribution in [2.24, 2.45) is 0 Å². The van der Waals surface area contributed by atoms with E-state index in [4.69, 9.17) is 10.0 Å². The fourth-order valence-corrected chi connectivity index (χ4v) is 7.24. The van der Waals surface area contributed by atoms with Gasteiger partial charge in [0.2, 0.25) is 0 Å². The largest absolute Gasteiger partial charge is 0.432 e. The lowest BCUT2D eigenvalue weighted by molar-refractivity contribution is 0.448. The normalized spacial score (nSPS) is 9.94. The van der Waals surface area contributed by atoms with Gasteiger partial charge in [-0.3, -0.25) is 0 Å². The fraction of sp³-hybridized carbons (Fsp3) is 1.00. The minimum atomic E-state index is -0.750. The molecule has 0 unspecified atom stereocenters. The van der Waals surface area contributed by atoms with Crippen LogP contribution in [0.3, 0.4) is 0 Å². The molecule has 0 amide bonds. The summed E-state index contributed by atoms with van der Waals surface area (Å²) in [5.74, 6) is 0. The minimum Gasteiger partial charge on any atom is -0.430 e. The molecule has 0 aromatic rings. The van der Waals surface area contributed by atoms with Crippen LogP contribution in [0.15, 0.2) is 0 Å². The molecule has 0 heterocycles. The Bertz CT molecular complexity index is 398. The van der Waals surface area contributed by atoms with Crippen molar-refractivity contribution in [3.05, 3.63) is 0 Å². The van der Waals surface area contributed by atoms with E-state index in [0.717, 1.165) is 0 Å². The van der Waals surface area contributed by atoms with Gasteiger partial charge in [0.25, 0.3) is 0 Å². The van der Waals surface area contributed by atoms with E-state index in [0.29, 0.717) is 0 Å². The van der Waals surface area contributed by atoms with Crippen LogP contribution in [0.5, 0.6) is 0 Å². The van der Waals surface area contributed by atoms with Gasteiger partial charge in [0.05, 0.1) is 0 Å². The molecule has 0 aliphatic heterocycles. The summed E-state index contributed by atoms with van der Waals surface area (Å²) in [6, 6.07) is 0. The second kappa shape index (κ2) is 96.1. The van der Waals surface area contributed by atoms with Crippen LogP contribution < -0.4 is 0 Å². The third-order valence-corrected chi connectivity index (χ3v) is 11.7. The van der Waals surface area contributed by atoms with Crippen LogP contribution in [0.1, 0.15) is 391 Å². The maximum atomic E-state index is 7.12. The summed E-state index contributed by atoms with van der Waals surface area (Å²) >= 11 is 0. The Morgan fingerprint density at radius 3 is 0.238 bits per heavy atom. The highest BCUT2D eigenvalue weighted by atomic mass is 16.4. The molecule has 0 saturated heterocycles. The second-order valence-electron chi connectivity index (χ2n) is 18.9. The Hall–Kier alpha value is -0.0151. The van der Waals surface area contributed by atoms with Crippen molar-refractivity contribution in [2.45, 2.75) is 391 Å². The first kappa shape index (κ1) is 77.2. The lowest BCUT2D eigenvalue weighted by Crippen LogP contribution is -1.77. The molecule has 0 radical (unpaired) electrons. The van der Waals surface area contributed by atoms with Gasteiger partial charge in [-0.25, -0.2) is 0 Å². The molecule has 0 bridgehead atoms. The van der Waals surface area contributed by atoms with Crippen molar-refractivity contribution < 1.29 is 10.0 Å². The molecule has 0 atom stereocenters. The zero-order valence-corrected chi connectivity index (χ0v) is 47.5. The zero-order valence-electron chi connectivity index (χ0n) is 47.5. The fourth-order valence-electron chi connectivity index (χ4n) is 7.24. The van der Waals surface area contributed by atoms with Gasteiger partial charge in [-0.1, -0.05) is 391 Å². The van der Waals surface area contributed by atoms with Gasteiger partial charge in [0.15, 0.2) is 0 Å². The summed E-state index contributed by atoms with van der Waals surface area (Å²) in [6.45, 7) is 27.2. The van der Waals surface area contributed by atoms with Crippen LogP contribution in [0.2, 0.25) is 0 Å². The minimum absolute atomic E-state index is 0.750. The number of hydrogen-bond acceptors (Lipinski definition) is 2. The van der Waals surface area contributed by atoms with Gasteiger partial charge in [0.1, 0.15) is 0 Å². The number of rotatable bonds is 42. The van der Waals surface area contributed by atoms with Crippen molar-refractivity contribution in [1.29, 1.82) is 0 Å². The lowest BCUT2D eigenvalue weighted by atomic mass is 10.1. The molecule has 0 spiro atoms. The Balaban J connectivity index is -0.000000118. The predicted molar refractivity (Wildman–Crippen MR) is 301 cm³/mol. The third kappa shape index (κ3) is 127. The third-order valence-electron chi connectivity index (χ3n) is 11.7. The second-order valence-corrected chi connectivity index (χ2v) is 18.9. The Morgan fingerprint density at radius 1 is 0.143 bits per heavy atom. The van der Waals surface area contributed by atoms with Gasteiger partial charge in [0, 0.05) is 0 Å². The molecule has 0 aliphatic carbocycles. The Kier molecular flexibility index (Phi) is 118. The highest BCUT2D eigenvalue weighted by molar-refractivity contribution is 6.13. The van der Waals surface area contributed by atoms with Gasteiger partial charge >= 0.3 is 7.69 Å². The summed E-state index contributed by atoms with van der Waals surface area (Å²) in [5.41, 5.74) is 0. The Labute approximate surface area is 407 Å². The van der Waals surface area contributed by atoms with E-state index in [-0.39, 0.29) is 0 Å². The molecule has 63 heavy (non-hydrogen) atoms. The highest BCUT2D eigenvalue weighted by Crippen LogP contribution is 2.11. The summed E-state index contributed by atoms with van der Waals surface area (Å²) in [6.07, 6.45) is 68.8. The summed E-state index contributed by atoms with van der Waals surface area (Å²) < 4.78 is 0. The van der Waals surface area contributed by atoms with Crippen molar-refractivity contribution in [2.75, 3.05) is 0 Å².